The van der Waals surface area contributed by atoms with Crippen LogP contribution >= 0.6 is 0 Å². The maximum absolute atomic E-state index is 4.45. The summed E-state index contributed by atoms with van der Waals surface area (Å²) in [6, 6.07) is 18.1. The van der Waals surface area contributed by atoms with E-state index in [9.17, 15) is 0 Å². The fraction of sp³-hybridized carbons (Fsp3) is 0.125. The van der Waals surface area contributed by atoms with Gasteiger partial charge in [-0.15, -0.1) is 0 Å². The molecule has 0 spiro atoms. The lowest BCUT2D eigenvalue weighted by Crippen LogP contribution is -2.03. The van der Waals surface area contributed by atoms with Crippen LogP contribution in [-0.4, -0.2) is 15.7 Å². The van der Waals surface area contributed by atoms with Gasteiger partial charge in [-0.25, -0.2) is 10.4 Å². The lowest BCUT2D eigenvalue weighted by molar-refractivity contribution is 1.17. The van der Waals surface area contributed by atoms with Crippen molar-refractivity contribution in [2.45, 2.75) is 13.3 Å². The van der Waals surface area contributed by atoms with E-state index in [1.807, 2.05) is 42.5 Å². The molecule has 3 rings (SSSR count). The van der Waals surface area contributed by atoms with E-state index in [0.717, 1.165) is 28.7 Å². The van der Waals surface area contributed by atoms with Gasteiger partial charge >= 0.3 is 0 Å². The lowest BCUT2D eigenvalue weighted by atomic mass is 10.1. The van der Waals surface area contributed by atoms with Crippen molar-refractivity contribution in [3.8, 4) is 0 Å². The third-order valence-electron chi connectivity index (χ3n) is 3.13. The Kier molecular flexibility index (Phi) is 3.46. The van der Waals surface area contributed by atoms with Crippen molar-refractivity contribution >= 4 is 22.7 Å². The second kappa shape index (κ2) is 5.57. The normalized spacial score (nSPS) is 11.8. The number of hydrazone groups is 1. The number of nitrogens with one attached hydrogen (secondary N) is 2. The van der Waals surface area contributed by atoms with Gasteiger partial charge in [0.15, 0.2) is 0 Å². The van der Waals surface area contributed by atoms with Crippen molar-refractivity contribution in [3.63, 3.8) is 0 Å². The fourth-order valence-corrected chi connectivity index (χ4v) is 2.10. The van der Waals surface area contributed by atoms with Gasteiger partial charge in [-0.05, 0) is 24.1 Å². The highest BCUT2D eigenvalue weighted by atomic mass is 15.4. The molecule has 4 heteroatoms. The van der Waals surface area contributed by atoms with E-state index in [1.165, 1.54) is 0 Å². The standard InChI is InChI=1S/C16H16N4/c1-2-13(12-8-4-3-5-9-12)19-20-16-17-14-10-6-7-11-15(14)18-16/h3-11H,2H2,1H3,(H2,17,18,20)/b19-13+. The van der Waals surface area contributed by atoms with Gasteiger partial charge in [0, 0.05) is 0 Å². The molecular weight excluding hydrogens is 248 g/mol. The van der Waals surface area contributed by atoms with Gasteiger partial charge in [-0.3, -0.25) is 0 Å². The molecule has 0 saturated heterocycles. The van der Waals surface area contributed by atoms with Crippen molar-refractivity contribution in [2.24, 2.45) is 5.10 Å². The molecule has 20 heavy (non-hydrogen) atoms. The summed E-state index contributed by atoms with van der Waals surface area (Å²) >= 11 is 0. The van der Waals surface area contributed by atoms with Crippen molar-refractivity contribution in [1.29, 1.82) is 0 Å². The van der Waals surface area contributed by atoms with Crippen LogP contribution in [0.5, 0.6) is 0 Å². The van der Waals surface area contributed by atoms with Gasteiger partial charge in [0.05, 0.1) is 16.7 Å². The molecule has 0 atom stereocenters. The smallest absolute Gasteiger partial charge is 0.222 e. The first-order valence-electron chi connectivity index (χ1n) is 6.69. The van der Waals surface area contributed by atoms with E-state index in [0.29, 0.717) is 5.95 Å². The zero-order valence-electron chi connectivity index (χ0n) is 11.3. The first kappa shape index (κ1) is 12.4. The maximum Gasteiger partial charge on any atom is 0.222 e. The molecule has 0 radical (unpaired) electrons. The molecule has 0 aliphatic rings. The topological polar surface area (TPSA) is 53.1 Å². The highest BCUT2D eigenvalue weighted by Gasteiger charge is 2.02. The highest BCUT2D eigenvalue weighted by molar-refractivity contribution is 6.00. The van der Waals surface area contributed by atoms with Crippen molar-refractivity contribution in [3.05, 3.63) is 60.2 Å². The molecule has 0 aliphatic heterocycles. The molecule has 0 saturated carbocycles. The number of hydrogen-bond donors (Lipinski definition) is 2. The van der Waals surface area contributed by atoms with E-state index in [4.69, 9.17) is 0 Å². The van der Waals surface area contributed by atoms with Crippen LogP contribution in [0.3, 0.4) is 0 Å². The van der Waals surface area contributed by atoms with Crippen LogP contribution in [0.1, 0.15) is 18.9 Å². The number of aromatic nitrogens is 2. The van der Waals surface area contributed by atoms with E-state index in [-0.39, 0.29) is 0 Å². The third kappa shape index (κ3) is 2.54. The molecule has 0 unspecified atom stereocenters. The van der Waals surface area contributed by atoms with Gasteiger partial charge in [0.1, 0.15) is 0 Å². The number of rotatable bonds is 4. The SMILES string of the molecule is CC/C(=N\Nc1nc2ccccc2[nH]1)c1ccccc1. The monoisotopic (exact) mass is 264 g/mol. The molecule has 1 aromatic heterocycles. The van der Waals surface area contributed by atoms with Gasteiger partial charge in [0.2, 0.25) is 5.95 Å². The summed E-state index contributed by atoms with van der Waals surface area (Å²) in [6.07, 6.45) is 0.858. The molecule has 4 nitrogen and oxygen atoms in total. The van der Waals surface area contributed by atoms with Crippen LogP contribution in [-0.2, 0) is 0 Å². The van der Waals surface area contributed by atoms with Crippen molar-refractivity contribution < 1.29 is 0 Å². The van der Waals surface area contributed by atoms with Crippen molar-refractivity contribution in [2.75, 3.05) is 5.43 Å². The molecule has 3 aromatic rings. The van der Waals surface area contributed by atoms with E-state index in [1.54, 1.807) is 0 Å². The summed E-state index contributed by atoms with van der Waals surface area (Å²) in [6.45, 7) is 2.09. The zero-order chi connectivity index (χ0) is 13.8. The quantitative estimate of drug-likeness (QED) is 0.556. The first-order valence-corrected chi connectivity index (χ1v) is 6.69. The number of benzene rings is 2. The van der Waals surface area contributed by atoms with E-state index in [2.05, 4.69) is 39.6 Å². The summed E-state index contributed by atoms with van der Waals surface area (Å²) in [7, 11) is 0. The lowest BCUT2D eigenvalue weighted by Gasteiger charge is -2.03. The Bertz CT molecular complexity index is 695. The van der Waals surface area contributed by atoms with E-state index < -0.39 is 0 Å². The number of anilines is 1. The summed E-state index contributed by atoms with van der Waals surface area (Å²) in [5.41, 5.74) is 7.07. The third-order valence-corrected chi connectivity index (χ3v) is 3.13. The van der Waals surface area contributed by atoms with Crippen LogP contribution < -0.4 is 5.43 Å². The van der Waals surface area contributed by atoms with Crippen LogP contribution in [0.2, 0.25) is 0 Å². The number of para-hydroxylation sites is 2. The van der Waals surface area contributed by atoms with Crippen LogP contribution in [0.4, 0.5) is 5.95 Å². The van der Waals surface area contributed by atoms with Crippen LogP contribution in [0.15, 0.2) is 59.7 Å². The summed E-state index contributed by atoms with van der Waals surface area (Å²) < 4.78 is 0. The Morgan fingerprint density at radius 2 is 1.85 bits per heavy atom. The van der Waals surface area contributed by atoms with Gasteiger partial charge < -0.3 is 4.98 Å². The number of H-pyrrole nitrogens is 1. The largest absolute Gasteiger partial charge is 0.323 e. The molecule has 0 aliphatic carbocycles. The molecule has 1 heterocycles. The minimum atomic E-state index is 0.660. The number of aromatic amines is 1. The molecule has 100 valence electrons. The van der Waals surface area contributed by atoms with Crippen LogP contribution in [0, 0.1) is 0 Å². The highest BCUT2D eigenvalue weighted by Crippen LogP contribution is 2.13. The van der Waals surface area contributed by atoms with Crippen LogP contribution in [0.25, 0.3) is 11.0 Å². The Morgan fingerprint density at radius 1 is 1.10 bits per heavy atom. The minimum Gasteiger partial charge on any atom is -0.323 e. The van der Waals surface area contributed by atoms with Gasteiger partial charge in [-0.1, -0.05) is 49.4 Å². The Labute approximate surface area is 117 Å². The second-order valence-corrected chi connectivity index (χ2v) is 4.49. The number of hydrogen-bond acceptors (Lipinski definition) is 3. The Hall–Kier alpha value is -2.62. The number of fused-ring (bicyclic) bond motifs is 1. The Balaban J connectivity index is 1.84. The maximum atomic E-state index is 4.45. The average molecular weight is 264 g/mol. The number of nitrogens with zero attached hydrogens (tertiary/aromatic N) is 2. The molecular formula is C16H16N4. The zero-order valence-corrected chi connectivity index (χ0v) is 11.3. The van der Waals surface area contributed by atoms with Crippen molar-refractivity contribution in [1.82, 2.24) is 9.97 Å². The minimum absolute atomic E-state index is 0.660. The van der Waals surface area contributed by atoms with E-state index >= 15 is 0 Å². The fourth-order valence-electron chi connectivity index (χ4n) is 2.10. The van der Waals surface area contributed by atoms with Gasteiger partial charge in [-0.2, -0.15) is 5.10 Å². The molecule has 0 bridgehead atoms. The second-order valence-electron chi connectivity index (χ2n) is 4.49. The number of imidazole rings is 1. The predicted octanol–water partition coefficient (Wildman–Crippen LogP) is 3.79. The predicted molar refractivity (Wildman–Crippen MR) is 83.0 cm³/mol. The molecule has 2 aromatic carbocycles. The van der Waals surface area contributed by atoms with Gasteiger partial charge in [0.25, 0.3) is 0 Å². The summed E-state index contributed by atoms with van der Waals surface area (Å²) in [5.74, 6) is 0.660. The molecule has 2 N–H and O–H groups in total. The molecule has 0 amide bonds. The molecule has 0 fully saturated rings. The first-order chi connectivity index (χ1) is 9.86. The average Bonchev–Trinajstić information content (AvgIpc) is 2.92. The summed E-state index contributed by atoms with van der Waals surface area (Å²) in [4.78, 5) is 7.64. The Morgan fingerprint density at radius 3 is 2.60 bits per heavy atom. The summed E-state index contributed by atoms with van der Waals surface area (Å²) in [5, 5.41) is 4.45.